The summed E-state index contributed by atoms with van der Waals surface area (Å²) in [5, 5.41) is 2.09. The fraction of sp³-hybridized carbons (Fsp3) is 0. The van der Waals surface area contributed by atoms with Crippen molar-refractivity contribution >= 4 is 21.9 Å². The highest BCUT2D eigenvalue weighted by Gasteiger charge is 2.16. The Balaban J connectivity index is 1.26. The topological polar surface area (TPSA) is 51.8 Å². The van der Waals surface area contributed by atoms with E-state index in [1.807, 2.05) is 66.7 Å². The van der Waals surface area contributed by atoms with Crippen molar-refractivity contribution in [3.63, 3.8) is 0 Å². The molecule has 0 aliphatic carbocycles. The summed E-state index contributed by atoms with van der Waals surface area (Å²) >= 11 is 0. The van der Waals surface area contributed by atoms with Gasteiger partial charge in [0.2, 0.25) is 0 Å². The monoisotopic (exact) mass is 551 g/mol. The minimum Gasteiger partial charge on any atom is -0.455 e. The third-order valence-electron chi connectivity index (χ3n) is 7.76. The predicted octanol–water partition coefficient (Wildman–Crippen LogP) is 10.1. The van der Waals surface area contributed by atoms with Gasteiger partial charge in [-0.3, -0.25) is 0 Å². The molecule has 0 aliphatic heterocycles. The van der Waals surface area contributed by atoms with Crippen molar-refractivity contribution in [1.82, 2.24) is 15.0 Å². The second-order valence-electron chi connectivity index (χ2n) is 10.5. The number of hydrogen-bond donors (Lipinski definition) is 0. The molecule has 0 N–H and O–H groups in total. The quantitative estimate of drug-likeness (QED) is 0.214. The van der Waals surface area contributed by atoms with E-state index in [9.17, 15) is 0 Å². The first-order valence-corrected chi connectivity index (χ1v) is 14.3. The van der Waals surface area contributed by atoms with Crippen molar-refractivity contribution in [3.05, 3.63) is 152 Å². The van der Waals surface area contributed by atoms with Crippen molar-refractivity contribution < 1.29 is 4.42 Å². The highest BCUT2D eigenvalue weighted by molar-refractivity contribution is 6.10. The number of rotatable bonds is 5. The van der Waals surface area contributed by atoms with Gasteiger partial charge in [-0.1, -0.05) is 133 Å². The Bertz CT molecular complexity index is 2210. The van der Waals surface area contributed by atoms with E-state index >= 15 is 0 Å². The van der Waals surface area contributed by atoms with Crippen LogP contribution in [0.25, 0.3) is 78.4 Å². The lowest BCUT2D eigenvalue weighted by Gasteiger charge is -2.09. The summed E-state index contributed by atoms with van der Waals surface area (Å²) in [5.41, 5.74) is 9.00. The first-order chi connectivity index (χ1) is 21.3. The van der Waals surface area contributed by atoms with Crippen LogP contribution in [0.2, 0.25) is 0 Å². The normalized spacial score (nSPS) is 11.3. The number of nitrogens with zero attached hydrogens (tertiary/aromatic N) is 3. The summed E-state index contributed by atoms with van der Waals surface area (Å²) in [6, 6.07) is 51.6. The Labute approximate surface area is 249 Å². The van der Waals surface area contributed by atoms with Crippen LogP contribution in [0.1, 0.15) is 0 Å². The van der Waals surface area contributed by atoms with Crippen molar-refractivity contribution in [2.45, 2.75) is 0 Å². The highest BCUT2D eigenvalue weighted by Crippen LogP contribution is 2.37. The van der Waals surface area contributed by atoms with Crippen LogP contribution in [-0.4, -0.2) is 15.0 Å². The van der Waals surface area contributed by atoms with Crippen LogP contribution >= 0.6 is 0 Å². The van der Waals surface area contributed by atoms with E-state index < -0.39 is 0 Å². The smallest absolute Gasteiger partial charge is 0.164 e. The lowest BCUT2D eigenvalue weighted by molar-refractivity contribution is 0.670. The Hall–Kier alpha value is -5.87. The molecular formula is C39H25N3O. The second-order valence-corrected chi connectivity index (χ2v) is 10.5. The third-order valence-corrected chi connectivity index (χ3v) is 7.76. The lowest BCUT2D eigenvalue weighted by Crippen LogP contribution is -2.00. The van der Waals surface area contributed by atoms with Gasteiger partial charge in [-0.2, -0.15) is 0 Å². The van der Waals surface area contributed by atoms with Gasteiger partial charge in [0.05, 0.1) is 0 Å². The van der Waals surface area contributed by atoms with Crippen molar-refractivity contribution in [3.8, 4) is 56.4 Å². The number of furan rings is 1. The maximum atomic E-state index is 6.41. The number of hydrogen-bond acceptors (Lipinski definition) is 4. The maximum absolute atomic E-state index is 6.41. The van der Waals surface area contributed by atoms with Crippen LogP contribution < -0.4 is 0 Å². The van der Waals surface area contributed by atoms with E-state index in [1.165, 1.54) is 5.56 Å². The summed E-state index contributed by atoms with van der Waals surface area (Å²) in [6.45, 7) is 0. The molecule has 2 heterocycles. The van der Waals surface area contributed by atoms with Crippen LogP contribution in [-0.2, 0) is 0 Å². The fourth-order valence-corrected chi connectivity index (χ4v) is 5.58. The summed E-state index contributed by atoms with van der Waals surface area (Å²) < 4.78 is 6.41. The van der Waals surface area contributed by atoms with Crippen LogP contribution in [0.15, 0.2) is 156 Å². The van der Waals surface area contributed by atoms with Gasteiger partial charge in [-0.05, 0) is 34.9 Å². The molecule has 0 saturated heterocycles. The predicted molar refractivity (Wildman–Crippen MR) is 174 cm³/mol. The number of aromatic nitrogens is 3. The average molecular weight is 552 g/mol. The Morgan fingerprint density at radius 1 is 0.349 bits per heavy atom. The molecule has 0 aliphatic rings. The molecule has 4 nitrogen and oxygen atoms in total. The molecule has 2 aromatic heterocycles. The molecule has 0 fully saturated rings. The molecule has 0 amide bonds. The van der Waals surface area contributed by atoms with E-state index in [-0.39, 0.29) is 0 Å². The fourth-order valence-electron chi connectivity index (χ4n) is 5.58. The van der Waals surface area contributed by atoms with Crippen molar-refractivity contribution in [1.29, 1.82) is 0 Å². The molecule has 0 radical (unpaired) electrons. The van der Waals surface area contributed by atoms with Gasteiger partial charge >= 0.3 is 0 Å². The van der Waals surface area contributed by atoms with Gasteiger partial charge in [0.25, 0.3) is 0 Å². The summed E-state index contributed by atoms with van der Waals surface area (Å²) in [7, 11) is 0. The standard InChI is InChI=1S/C39H25N3O/c1-4-11-26(12-5-1)27-19-21-30(22-20-27)38-40-37(29-15-8-3-9-16-29)41-39(42-38)31-23-24-35-34(25-31)33-18-10-17-32(36(33)43-35)28-13-6-2-7-14-28/h1-25H. The van der Waals surface area contributed by atoms with Crippen LogP contribution in [0.3, 0.4) is 0 Å². The van der Waals surface area contributed by atoms with E-state index in [0.29, 0.717) is 17.5 Å². The van der Waals surface area contributed by atoms with Gasteiger partial charge in [-0.15, -0.1) is 0 Å². The van der Waals surface area contributed by atoms with Crippen molar-refractivity contribution in [2.75, 3.05) is 0 Å². The first kappa shape index (κ1) is 24.9. The van der Waals surface area contributed by atoms with E-state index in [0.717, 1.165) is 55.3 Å². The van der Waals surface area contributed by atoms with E-state index in [4.69, 9.17) is 19.4 Å². The molecule has 8 rings (SSSR count). The second kappa shape index (κ2) is 10.5. The Morgan fingerprint density at radius 3 is 1.49 bits per heavy atom. The van der Waals surface area contributed by atoms with Crippen molar-refractivity contribution in [2.24, 2.45) is 0 Å². The molecule has 43 heavy (non-hydrogen) atoms. The zero-order valence-corrected chi connectivity index (χ0v) is 23.2. The van der Waals surface area contributed by atoms with Crippen LogP contribution in [0, 0.1) is 0 Å². The SMILES string of the molecule is c1ccc(-c2ccc(-c3nc(-c4ccccc4)nc(-c4ccc5oc6c(-c7ccccc7)cccc6c5c4)n3)cc2)cc1. The molecule has 0 spiro atoms. The van der Waals surface area contributed by atoms with Gasteiger partial charge in [0.15, 0.2) is 17.5 Å². The molecule has 6 aromatic carbocycles. The van der Waals surface area contributed by atoms with Gasteiger partial charge < -0.3 is 4.42 Å². The minimum absolute atomic E-state index is 0.617. The summed E-state index contributed by atoms with van der Waals surface area (Å²) in [4.78, 5) is 14.8. The molecular weight excluding hydrogens is 526 g/mol. The Morgan fingerprint density at radius 2 is 0.837 bits per heavy atom. The molecule has 0 bridgehead atoms. The molecule has 0 atom stereocenters. The third kappa shape index (κ3) is 4.65. The lowest BCUT2D eigenvalue weighted by atomic mass is 10.0. The summed E-state index contributed by atoms with van der Waals surface area (Å²) in [6.07, 6.45) is 0. The van der Waals surface area contributed by atoms with Crippen LogP contribution in [0.5, 0.6) is 0 Å². The number of para-hydroxylation sites is 1. The molecule has 8 aromatic rings. The van der Waals surface area contributed by atoms with Crippen LogP contribution in [0.4, 0.5) is 0 Å². The number of benzene rings is 6. The average Bonchev–Trinajstić information content (AvgIpc) is 3.47. The summed E-state index contributed by atoms with van der Waals surface area (Å²) in [5.74, 6) is 1.88. The maximum Gasteiger partial charge on any atom is 0.164 e. The zero-order valence-electron chi connectivity index (χ0n) is 23.2. The molecule has 0 unspecified atom stereocenters. The minimum atomic E-state index is 0.617. The first-order valence-electron chi connectivity index (χ1n) is 14.3. The van der Waals surface area contributed by atoms with Gasteiger partial charge in [-0.25, -0.2) is 15.0 Å². The highest BCUT2D eigenvalue weighted by atomic mass is 16.3. The Kier molecular flexibility index (Phi) is 6.08. The van der Waals surface area contributed by atoms with Gasteiger partial charge in [0, 0.05) is 33.0 Å². The molecule has 202 valence electrons. The van der Waals surface area contributed by atoms with Gasteiger partial charge in [0.1, 0.15) is 11.2 Å². The van der Waals surface area contributed by atoms with E-state index in [1.54, 1.807) is 0 Å². The molecule has 0 saturated carbocycles. The molecule has 4 heteroatoms. The largest absolute Gasteiger partial charge is 0.455 e. The van der Waals surface area contributed by atoms with E-state index in [2.05, 4.69) is 84.9 Å². The number of fused-ring (bicyclic) bond motifs is 3. The zero-order chi connectivity index (χ0) is 28.6.